The van der Waals surface area contributed by atoms with Gasteiger partial charge >= 0.3 is 0 Å². The highest BCUT2D eigenvalue weighted by Gasteiger charge is 2.21. The van der Waals surface area contributed by atoms with E-state index >= 15 is 0 Å². The van der Waals surface area contributed by atoms with Gasteiger partial charge in [0.1, 0.15) is 5.75 Å². The third kappa shape index (κ3) is 5.24. The maximum Gasteiger partial charge on any atom is 0.128 e. The van der Waals surface area contributed by atoms with Crippen molar-refractivity contribution in [2.45, 2.75) is 33.1 Å². The van der Waals surface area contributed by atoms with E-state index in [0.29, 0.717) is 5.75 Å². The fourth-order valence-electron chi connectivity index (χ4n) is 3.96. The highest BCUT2D eigenvalue weighted by molar-refractivity contribution is 7.80. The van der Waals surface area contributed by atoms with E-state index < -0.39 is 7.92 Å². The van der Waals surface area contributed by atoms with Crippen LogP contribution in [0.1, 0.15) is 37.5 Å². The molecule has 0 aliphatic carbocycles. The van der Waals surface area contributed by atoms with E-state index in [4.69, 9.17) is 4.99 Å². The van der Waals surface area contributed by atoms with Crippen molar-refractivity contribution >= 4 is 35.7 Å². The predicted octanol–water partition coefficient (Wildman–Crippen LogP) is 6.51. The molecule has 0 aromatic heterocycles. The molecule has 0 saturated heterocycles. The van der Waals surface area contributed by atoms with Crippen LogP contribution in [0.25, 0.3) is 0 Å². The summed E-state index contributed by atoms with van der Waals surface area (Å²) < 4.78 is 0. The van der Waals surface area contributed by atoms with Gasteiger partial charge in [0.25, 0.3) is 0 Å². The molecule has 0 unspecified atom stereocenters. The lowest BCUT2D eigenvalue weighted by atomic mass is 9.84. The second kappa shape index (κ2) is 9.73. The summed E-state index contributed by atoms with van der Waals surface area (Å²) in [6.07, 6.45) is 1.81. The minimum Gasteiger partial charge on any atom is -0.507 e. The Kier molecular flexibility index (Phi) is 6.77. The molecule has 0 heterocycles. The molecule has 166 valence electrons. The number of para-hydroxylation sites is 1. The van der Waals surface area contributed by atoms with E-state index in [2.05, 4.69) is 113 Å². The van der Waals surface area contributed by atoms with Crippen LogP contribution in [0, 0.1) is 6.92 Å². The molecular weight excluding hydrogens is 421 g/mol. The largest absolute Gasteiger partial charge is 0.507 e. The van der Waals surface area contributed by atoms with Gasteiger partial charge < -0.3 is 5.11 Å². The Bertz CT molecular complexity index is 1220. The molecule has 0 saturated carbocycles. The van der Waals surface area contributed by atoms with Crippen LogP contribution < -0.4 is 15.9 Å². The number of aromatic hydroxyl groups is 1. The van der Waals surface area contributed by atoms with Crippen LogP contribution in [0.2, 0.25) is 0 Å². The molecule has 4 rings (SSSR count). The van der Waals surface area contributed by atoms with Gasteiger partial charge in [-0.3, -0.25) is 4.99 Å². The second-order valence-electron chi connectivity index (χ2n) is 9.25. The van der Waals surface area contributed by atoms with Crippen LogP contribution in [0.5, 0.6) is 5.75 Å². The van der Waals surface area contributed by atoms with Crippen molar-refractivity contribution in [3.05, 3.63) is 114 Å². The van der Waals surface area contributed by atoms with Gasteiger partial charge in [-0.2, -0.15) is 0 Å². The zero-order valence-corrected chi connectivity index (χ0v) is 20.6. The Hall–Kier alpha value is -3.22. The molecule has 0 aliphatic rings. The molecule has 0 amide bonds. The van der Waals surface area contributed by atoms with Gasteiger partial charge in [0.2, 0.25) is 0 Å². The Labute approximate surface area is 198 Å². The Morgan fingerprint density at radius 1 is 0.758 bits per heavy atom. The van der Waals surface area contributed by atoms with E-state index in [1.165, 1.54) is 15.9 Å². The van der Waals surface area contributed by atoms with Crippen molar-refractivity contribution in [2.24, 2.45) is 4.99 Å². The first kappa shape index (κ1) is 23.0. The average molecular weight is 452 g/mol. The monoisotopic (exact) mass is 451 g/mol. The van der Waals surface area contributed by atoms with E-state index in [9.17, 15) is 5.11 Å². The summed E-state index contributed by atoms with van der Waals surface area (Å²) in [5.74, 6) is 0.308. The molecule has 0 bridgehead atoms. The summed E-state index contributed by atoms with van der Waals surface area (Å²) in [7, 11) is -0.762. The van der Waals surface area contributed by atoms with Gasteiger partial charge in [0.15, 0.2) is 0 Å². The van der Waals surface area contributed by atoms with Gasteiger partial charge in [-0.25, -0.2) is 0 Å². The molecule has 4 aromatic carbocycles. The van der Waals surface area contributed by atoms with Crippen molar-refractivity contribution in [3.63, 3.8) is 0 Å². The summed E-state index contributed by atoms with van der Waals surface area (Å²) in [6.45, 7) is 8.41. The molecular formula is C30H30NOP. The fraction of sp³-hybridized carbons (Fsp3) is 0.167. The molecule has 4 aromatic rings. The van der Waals surface area contributed by atoms with Crippen LogP contribution in [0.15, 0.2) is 102 Å². The van der Waals surface area contributed by atoms with Crippen LogP contribution in [0.4, 0.5) is 5.69 Å². The Morgan fingerprint density at radius 3 is 1.88 bits per heavy atom. The van der Waals surface area contributed by atoms with Crippen LogP contribution in [-0.2, 0) is 5.41 Å². The molecule has 0 spiro atoms. The lowest BCUT2D eigenvalue weighted by molar-refractivity contribution is 0.445. The van der Waals surface area contributed by atoms with Crippen LogP contribution in [0.3, 0.4) is 0 Å². The Balaban J connectivity index is 1.81. The highest BCUT2D eigenvalue weighted by atomic mass is 31.1. The number of aliphatic imine (C=N–C) groups is 1. The smallest absolute Gasteiger partial charge is 0.128 e. The molecule has 0 fully saturated rings. The van der Waals surface area contributed by atoms with Gasteiger partial charge in [-0.15, -0.1) is 0 Å². The quantitative estimate of drug-likeness (QED) is 0.272. The Morgan fingerprint density at radius 2 is 1.30 bits per heavy atom. The van der Waals surface area contributed by atoms with Gasteiger partial charge in [-0.1, -0.05) is 106 Å². The SMILES string of the molecule is Cc1cc(C=Nc2ccccc2P(c2ccccc2)c2ccccc2)c(O)c(C(C)(C)C)c1. The van der Waals surface area contributed by atoms with E-state index in [1.54, 1.807) is 6.21 Å². The molecule has 1 N–H and O–H groups in total. The topological polar surface area (TPSA) is 32.6 Å². The summed E-state index contributed by atoms with van der Waals surface area (Å²) in [5, 5.41) is 14.7. The number of hydrogen-bond acceptors (Lipinski definition) is 2. The normalized spacial score (nSPS) is 11.9. The standard InChI is InChI=1S/C30H30NOP/c1-22-19-23(29(32)26(20-22)30(2,3)4)21-31-27-17-11-12-18-28(27)33(24-13-7-5-8-14-24)25-15-9-6-10-16-25/h5-21,32H,1-4H3. The van der Waals surface area contributed by atoms with Gasteiger partial charge in [0, 0.05) is 22.6 Å². The minimum absolute atomic E-state index is 0.147. The zero-order valence-electron chi connectivity index (χ0n) is 19.7. The third-order valence-corrected chi connectivity index (χ3v) is 8.07. The summed E-state index contributed by atoms with van der Waals surface area (Å²) in [4.78, 5) is 4.90. The van der Waals surface area contributed by atoms with Gasteiger partial charge in [0.05, 0.1) is 5.69 Å². The number of nitrogens with zero attached hydrogens (tertiary/aromatic N) is 1. The molecule has 0 radical (unpaired) electrons. The fourth-order valence-corrected chi connectivity index (χ4v) is 6.35. The first-order valence-electron chi connectivity index (χ1n) is 11.2. The number of phenolic OH excluding ortho intramolecular Hbond substituents is 1. The van der Waals surface area contributed by atoms with Crippen molar-refractivity contribution in [1.82, 2.24) is 0 Å². The van der Waals surface area contributed by atoms with Gasteiger partial charge in [-0.05, 0) is 48.6 Å². The summed E-state index contributed by atoms with van der Waals surface area (Å²) in [5.41, 5.74) is 3.58. The summed E-state index contributed by atoms with van der Waals surface area (Å²) >= 11 is 0. The maximum atomic E-state index is 11.0. The van der Waals surface area contributed by atoms with Crippen molar-refractivity contribution in [1.29, 1.82) is 0 Å². The minimum atomic E-state index is -0.762. The van der Waals surface area contributed by atoms with Crippen LogP contribution in [-0.4, -0.2) is 11.3 Å². The predicted molar refractivity (Wildman–Crippen MR) is 144 cm³/mol. The first-order chi connectivity index (χ1) is 15.8. The lowest BCUT2D eigenvalue weighted by Crippen LogP contribution is -2.20. The number of benzene rings is 4. The van der Waals surface area contributed by atoms with E-state index in [1.807, 2.05) is 12.1 Å². The molecule has 0 aliphatic heterocycles. The van der Waals surface area contributed by atoms with E-state index in [-0.39, 0.29) is 5.41 Å². The second-order valence-corrected chi connectivity index (χ2v) is 11.4. The highest BCUT2D eigenvalue weighted by Crippen LogP contribution is 2.37. The first-order valence-corrected chi connectivity index (χ1v) is 12.6. The maximum absolute atomic E-state index is 11.0. The molecule has 33 heavy (non-hydrogen) atoms. The van der Waals surface area contributed by atoms with Crippen LogP contribution >= 0.6 is 7.92 Å². The lowest BCUT2D eigenvalue weighted by Gasteiger charge is -2.22. The summed E-state index contributed by atoms with van der Waals surface area (Å²) in [6, 6.07) is 33.7. The molecule has 3 heteroatoms. The van der Waals surface area contributed by atoms with Crippen molar-refractivity contribution in [2.75, 3.05) is 0 Å². The number of phenols is 1. The number of rotatable bonds is 5. The molecule has 0 atom stereocenters. The third-order valence-electron chi connectivity index (χ3n) is 5.59. The van der Waals surface area contributed by atoms with Crippen molar-refractivity contribution in [3.8, 4) is 5.75 Å². The van der Waals surface area contributed by atoms with E-state index in [0.717, 1.165) is 22.4 Å². The number of hydrogen-bond donors (Lipinski definition) is 1. The molecule has 2 nitrogen and oxygen atoms in total. The van der Waals surface area contributed by atoms with Crippen molar-refractivity contribution < 1.29 is 5.11 Å². The zero-order chi connectivity index (χ0) is 23.4. The number of aryl methyl sites for hydroxylation is 1. The average Bonchev–Trinajstić information content (AvgIpc) is 2.81.